The molecule has 2 heterocycles. The van der Waals surface area contributed by atoms with Gasteiger partial charge in [0, 0.05) is 16.1 Å². The summed E-state index contributed by atoms with van der Waals surface area (Å²) in [5, 5.41) is 5.34. The quantitative estimate of drug-likeness (QED) is 0.865. The lowest BCUT2D eigenvalue weighted by molar-refractivity contribution is 0.126. The number of thiophene rings is 1. The van der Waals surface area contributed by atoms with E-state index in [1.807, 2.05) is 0 Å². The molecule has 0 aromatic carbocycles. The lowest BCUT2D eigenvalue weighted by Crippen LogP contribution is -2.59. The molecular formula is C12H17BrN2O2S2. The number of rotatable bonds is 3. The molecule has 7 heteroatoms. The predicted molar refractivity (Wildman–Crippen MR) is 79.9 cm³/mol. The molecule has 1 aromatic rings. The van der Waals surface area contributed by atoms with Crippen LogP contribution in [0.3, 0.4) is 0 Å². The highest BCUT2D eigenvalue weighted by Crippen LogP contribution is 2.38. The van der Waals surface area contributed by atoms with Gasteiger partial charge in [-0.25, -0.2) is 13.1 Å². The Morgan fingerprint density at radius 1 is 1.47 bits per heavy atom. The number of hydrogen-bond donors (Lipinski definition) is 2. The van der Waals surface area contributed by atoms with Crippen molar-refractivity contribution in [3.05, 3.63) is 15.9 Å². The minimum atomic E-state index is -3.39. The number of piperidine rings is 1. The summed E-state index contributed by atoms with van der Waals surface area (Å²) in [7, 11) is -3.39. The second-order valence-corrected chi connectivity index (χ2v) is 9.11. The van der Waals surface area contributed by atoms with Crippen LogP contribution in [0.5, 0.6) is 0 Å². The van der Waals surface area contributed by atoms with Gasteiger partial charge in [-0.3, -0.25) is 0 Å². The first-order valence-corrected chi connectivity index (χ1v) is 9.67. The Hall–Kier alpha value is 0.0500. The second-order valence-electron chi connectivity index (χ2n) is 5.43. The molecule has 1 aliphatic heterocycles. The Kier molecular flexibility index (Phi) is 3.77. The van der Waals surface area contributed by atoms with Gasteiger partial charge in [0.05, 0.1) is 0 Å². The third-order valence-electron chi connectivity index (χ3n) is 4.09. The number of hydrogen-bond acceptors (Lipinski definition) is 4. The van der Waals surface area contributed by atoms with Gasteiger partial charge >= 0.3 is 0 Å². The Morgan fingerprint density at radius 2 is 2.26 bits per heavy atom. The molecular weight excluding hydrogens is 348 g/mol. The molecule has 0 radical (unpaired) electrons. The van der Waals surface area contributed by atoms with Gasteiger partial charge in [0.1, 0.15) is 4.21 Å². The van der Waals surface area contributed by atoms with E-state index in [1.165, 1.54) is 30.6 Å². The molecule has 2 aliphatic rings. The van der Waals surface area contributed by atoms with Crippen LogP contribution >= 0.6 is 27.3 Å². The first-order chi connectivity index (χ1) is 9.01. The van der Waals surface area contributed by atoms with E-state index in [-0.39, 0.29) is 11.6 Å². The fourth-order valence-electron chi connectivity index (χ4n) is 2.99. The number of sulfonamides is 1. The molecule has 106 valence electrons. The van der Waals surface area contributed by atoms with Gasteiger partial charge in [-0.2, -0.15) is 0 Å². The molecule has 1 saturated heterocycles. The van der Waals surface area contributed by atoms with Crippen molar-refractivity contribution >= 4 is 37.3 Å². The van der Waals surface area contributed by atoms with E-state index >= 15 is 0 Å². The van der Waals surface area contributed by atoms with Gasteiger partial charge in [-0.05, 0) is 66.0 Å². The van der Waals surface area contributed by atoms with Crippen molar-refractivity contribution in [1.82, 2.24) is 10.0 Å². The van der Waals surface area contributed by atoms with E-state index in [0.717, 1.165) is 19.4 Å². The third-order valence-corrected chi connectivity index (χ3v) is 8.28. The summed E-state index contributed by atoms with van der Waals surface area (Å²) in [6, 6.07) is 1.83. The molecule has 1 spiro atoms. The molecule has 1 saturated carbocycles. The van der Waals surface area contributed by atoms with Crippen molar-refractivity contribution in [2.24, 2.45) is 0 Å². The van der Waals surface area contributed by atoms with E-state index in [4.69, 9.17) is 0 Å². The first kappa shape index (κ1) is 14.0. The average molecular weight is 365 g/mol. The van der Waals surface area contributed by atoms with Gasteiger partial charge in [-0.15, -0.1) is 11.3 Å². The summed E-state index contributed by atoms with van der Waals surface area (Å²) in [5.74, 6) is 0. The molecule has 0 bridgehead atoms. The lowest BCUT2D eigenvalue weighted by Gasteiger charge is -2.48. The zero-order valence-corrected chi connectivity index (χ0v) is 13.7. The average Bonchev–Trinajstić information content (AvgIpc) is 2.74. The Labute approximate surface area is 126 Å². The van der Waals surface area contributed by atoms with Crippen molar-refractivity contribution in [2.45, 2.75) is 47.9 Å². The molecule has 3 rings (SSSR count). The smallest absolute Gasteiger partial charge is 0.251 e. The minimum Gasteiger partial charge on any atom is -0.311 e. The van der Waals surface area contributed by atoms with Crippen LogP contribution in [0, 0.1) is 0 Å². The molecule has 19 heavy (non-hydrogen) atoms. The number of halogens is 1. The van der Waals surface area contributed by atoms with Crippen LogP contribution in [0.15, 0.2) is 20.1 Å². The summed E-state index contributed by atoms with van der Waals surface area (Å²) in [6.07, 6.45) is 5.38. The fourth-order valence-corrected chi connectivity index (χ4v) is 6.61. The monoisotopic (exact) mass is 364 g/mol. The predicted octanol–water partition coefficient (Wildman–Crippen LogP) is 2.46. The summed E-state index contributed by atoms with van der Waals surface area (Å²) >= 11 is 4.54. The molecule has 1 aliphatic carbocycles. The Morgan fingerprint density at radius 3 is 2.84 bits per heavy atom. The topological polar surface area (TPSA) is 58.2 Å². The van der Waals surface area contributed by atoms with Crippen LogP contribution in [0.1, 0.15) is 32.1 Å². The van der Waals surface area contributed by atoms with Crippen LogP contribution in [0.4, 0.5) is 0 Å². The van der Waals surface area contributed by atoms with Crippen molar-refractivity contribution in [3.63, 3.8) is 0 Å². The van der Waals surface area contributed by atoms with Crippen molar-refractivity contribution < 1.29 is 8.42 Å². The van der Waals surface area contributed by atoms with Crippen LogP contribution in [-0.4, -0.2) is 26.5 Å². The highest BCUT2D eigenvalue weighted by Gasteiger charge is 2.41. The second kappa shape index (κ2) is 5.11. The van der Waals surface area contributed by atoms with E-state index < -0.39 is 10.0 Å². The largest absolute Gasteiger partial charge is 0.311 e. The third kappa shape index (κ3) is 2.76. The van der Waals surface area contributed by atoms with E-state index in [2.05, 4.69) is 26.0 Å². The zero-order chi connectivity index (χ0) is 13.5. The van der Waals surface area contributed by atoms with Crippen molar-refractivity contribution in [3.8, 4) is 0 Å². The van der Waals surface area contributed by atoms with E-state index in [1.54, 1.807) is 11.4 Å². The normalized spacial score (nSPS) is 26.3. The van der Waals surface area contributed by atoms with Gasteiger partial charge in [0.2, 0.25) is 0 Å². The molecule has 0 amide bonds. The molecule has 2 N–H and O–H groups in total. The Balaban J connectivity index is 1.72. The minimum absolute atomic E-state index is 0.0561. The Bertz CT molecular complexity index is 566. The van der Waals surface area contributed by atoms with Crippen LogP contribution < -0.4 is 10.0 Å². The summed E-state index contributed by atoms with van der Waals surface area (Å²) in [4.78, 5) is 0. The lowest BCUT2D eigenvalue weighted by atomic mass is 9.70. The van der Waals surface area contributed by atoms with Gasteiger partial charge in [-0.1, -0.05) is 0 Å². The molecule has 4 nitrogen and oxygen atoms in total. The van der Waals surface area contributed by atoms with Crippen molar-refractivity contribution in [1.29, 1.82) is 0 Å². The highest BCUT2D eigenvalue weighted by molar-refractivity contribution is 9.10. The summed E-state index contributed by atoms with van der Waals surface area (Å²) in [5.41, 5.74) is 0.206. The van der Waals surface area contributed by atoms with Crippen LogP contribution in [0.2, 0.25) is 0 Å². The van der Waals surface area contributed by atoms with E-state index in [0.29, 0.717) is 8.68 Å². The maximum Gasteiger partial charge on any atom is 0.251 e. The van der Waals surface area contributed by atoms with E-state index in [9.17, 15) is 8.42 Å². The van der Waals surface area contributed by atoms with Crippen LogP contribution in [-0.2, 0) is 10.0 Å². The van der Waals surface area contributed by atoms with Crippen LogP contribution in [0.25, 0.3) is 0 Å². The maximum absolute atomic E-state index is 12.3. The van der Waals surface area contributed by atoms with Gasteiger partial charge in [0.25, 0.3) is 10.0 Å². The molecule has 1 aromatic heterocycles. The molecule has 1 atom stereocenters. The zero-order valence-electron chi connectivity index (χ0n) is 10.5. The SMILES string of the molecule is O=S(=O)(NC1CCNC2(CCC2)C1)c1sccc1Br. The molecule has 1 unspecified atom stereocenters. The maximum atomic E-state index is 12.3. The first-order valence-electron chi connectivity index (χ1n) is 6.51. The van der Waals surface area contributed by atoms with Gasteiger partial charge < -0.3 is 5.32 Å². The van der Waals surface area contributed by atoms with Crippen molar-refractivity contribution in [2.75, 3.05) is 6.54 Å². The van der Waals surface area contributed by atoms with Gasteiger partial charge in [0.15, 0.2) is 0 Å². The summed E-state index contributed by atoms with van der Waals surface area (Å²) < 4.78 is 28.6. The fraction of sp³-hybridized carbons (Fsp3) is 0.667. The number of nitrogens with one attached hydrogen (secondary N) is 2. The highest BCUT2D eigenvalue weighted by atomic mass is 79.9. The summed E-state index contributed by atoms with van der Waals surface area (Å²) in [6.45, 7) is 0.902. The molecule has 2 fully saturated rings. The standard InChI is InChI=1S/C12H17BrN2O2S2/c13-10-3-7-18-11(10)19(16,17)15-9-2-6-14-12(8-9)4-1-5-12/h3,7,9,14-15H,1-2,4-6,8H2.